The van der Waals surface area contributed by atoms with Crippen molar-refractivity contribution in [3.8, 4) is 0 Å². The molecule has 0 aromatic heterocycles. The Bertz CT molecular complexity index is 843. The topological polar surface area (TPSA) is 99.2 Å². The summed E-state index contributed by atoms with van der Waals surface area (Å²) in [6, 6.07) is 6.57. The van der Waals surface area contributed by atoms with Crippen LogP contribution in [-0.2, 0) is 26.2 Å². The highest BCUT2D eigenvalue weighted by Gasteiger charge is 2.26. The van der Waals surface area contributed by atoms with E-state index in [0.29, 0.717) is 25.2 Å². The van der Waals surface area contributed by atoms with E-state index in [9.17, 15) is 18.0 Å². The molecule has 27 heavy (non-hydrogen) atoms. The first kappa shape index (κ1) is 19.5. The van der Waals surface area contributed by atoms with Crippen LogP contribution >= 0.6 is 0 Å². The van der Waals surface area contributed by atoms with Gasteiger partial charge in [0.2, 0.25) is 15.9 Å². The number of hydrogen-bond donors (Lipinski definition) is 1. The Morgan fingerprint density at radius 1 is 1.11 bits per heavy atom. The molecule has 0 bridgehead atoms. The number of carbonyl (C=O) groups is 2. The number of rotatable bonds is 5. The number of nitrogens with one attached hydrogen (secondary N) is 1. The minimum atomic E-state index is -3.45. The highest BCUT2D eigenvalue weighted by molar-refractivity contribution is 7.89. The van der Waals surface area contributed by atoms with Gasteiger partial charge in [-0.2, -0.15) is 9.41 Å². The minimum Gasteiger partial charge on any atom is -0.347 e. The third-order valence-corrected chi connectivity index (χ3v) is 6.71. The second-order valence-electron chi connectivity index (χ2n) is 6.76. The maximum atomic E-state index is 12.6. The molecule has 2 heterocycles. The molecule has 0 radical (unpaired) electrons. The highest BCUT2D eigenvalue weighted by Crippen LogP contribution is 2.20. The minimum absolute atomic E-state index is 0.114. The van der Waals surface area contributed by atoms with E-state index in [1.165, 1.54) is 16.4 Å². The zero-order chi connectivity index (χ0) is 19.4. The average molecular weight is 392 g/mol. The van der Waals surface area contributed by atoms with Crippen molar-refractivity contribution in [2.45, 2.75) is 43.5 Å². The summed E-state index contributed by atoms with van der Waals surface area (Å²) in [6.45, 7) is 1.40. The summed E-state index contributed by atoms with van der Waals surface area (Å²) in [5.41, 5.74) is 1.11. The van der Waals surface area contributed by atoms with Crippen LogP contribution < -0.4 is 5.32 Å². The van der Waals surface area contributed by atoms with E-state index < -0.39 is 10.0 Å². The third-order valence-electron chi connectivity index (χ3n) is 4.80. The molecule has 0 unspecified atom stereocenters. The molecule has 0 atom stereocenters. The SMILES string of the molecule is CN1N=C(C(=O)NCc2ccc(S(=O)(=O)N3CCCCC3)cc2)CCC1=O. The summed E-state index contributed by atoms with van der Waals surface area (Å²) in [7, 11) is -1.93. The molecule has 1 aromatic carbocycles. The fraction of sp³-hybridized carbons (Fsp3) is 0.500. The van der Waals surface area contributed by atoms with E-state index in [0.717, 1.165) is 24.8 Å². The van der Waals surface area contributed by atoms with Gasteiger partial charge in [0.1, 0.15) is 5.71 Å². The van der Waals surface area contributed by atoms with E-state index in [2.05, 4.69) is 10.4 Å². The van der Waals surface area contributed by atoms with Crippen LogP contribution in [-0.4, -0.2) is 55.4 Å². The molecule has 8 nitrogen and oxygen atoms in total. The first-order valence-corrected chi connectivity index (χ1v) is 10.5. The summed E-state index contributed by atoms with van der Waals surface area (Å²) in [6.07, 6.45) is 3.45. The lowest BCUT2D eigenvalue weighted by atomic mass is 10.1. The number of sulfonamides is 1. The molecule has 9 heteroatoms. The van der Waals surface area contributed by atoms with E-state index in [-0.39, 0.29) is 29.7 Å². The van der Waals surface area contributed by atoms with Gasteiger partial charge < -0.3 is 5.32 Å². The Hall–Kier alpha value is -2.26. The molecule has 0 spiro atoms. The molecule has 1 fully saturated rings. The molecule has 0 saturated carbocycles. The largest absolute Gasteiger partial charge is 0.347 e. The van der Waals surface area contributed by atoms with Gasteiger partial charge in [-0.1, -0.05) is 18.6 Å². The number of nitrogens with zero attached hydrogens (tertiary/aromatic N) is 3. The van der Waals surface area contributed by atoms with Crippen LogP contribution in [0.2, 0.25) is 0 Å². The lowest BCUT2D eigenvalue weighted by Crippen LogP contribution is -2.37. The smallest absolute Gasteiger partial charge is 0.267 e. The molecular formula is C18H24N4O4S. The first-order chi connectivity index (χ1) is 12.9. The molecule has 1 saturated heterocycles. The van der Waals surface area contributed by atoms with E-state index >= 15 is 0 Å². The van der Waals surface area contributed by atoms with Gasteiger partial charge in [0.25, 0.3) is 5.91 Å². The van der Waals surface area contributed by atoms with Gasteiger partial charge in [-0.3, -0.25) is 9.59 Å². The second kappa shape index (κ2) is 8.18. The van der Waals surface area contributed by atoms with E-state index in [4.69, 9.17) is 0 Å². The molecular weight excluding hydrogens is 368 g/mol. The molecule has 1 aromatic rings. The summed E-state index contributed by atoms with van der Waals surface area (Å²) in [5.74, 6) is -0.434. The monoisotopic (exact) mass is 392 g/mol. The molecule has 3 rings (SSSR count). The van der Waals surface area contributed by atoms with Crippen molar-refractivity contribution in [2.24, 2.45) is 5.10 Å². The summed E-state index contributed by atoms with van der Waals surface area (Å²) in [4.78, 5) is 23.9. The van der Waals surface area contributed by atoms with E-state index in [1.54, 1.807) is 24.3 Å². The number of amides is 2. The van der Waals surface area contributed by atoms with E-state index in [1.807, 2.05) is 0 Å². The lowest BCUT2D eigenvalue weighted by molar-refractivity contribution is -0.130. The van der Waals surface area contributed by atoms with Crippen molar-refractivity contribution >= 4 is 27.5 Å². The maximum Gasteiger partial charge on any atom is 0.267 e. The van der Waals surface area contributed by atoms with Crippen molar-refractivity contribution in [1.82, 2.24) is 14.6 Å². The molecule has 2 aliphatic heterocycles. The Kier molecular flexibility index (Phi) is 5.91. The fourth-order valence-electron chi connectivity index (χ4n) is 3.15. The van der Waals surface area contributed by atoms with Crippen LogP contribution in [0.5, 0.6) is 0 Å². The molecule has 1 N–H and O–H groups in total. The quantitative estimate of drug-likeness (QED) is 0.811. The zero-order valence-electron chi connectivity index (χ0n) is 15.3. The van der Waals surface area contributed by atoms with Crippen molar-refractivity contribution in [2.75, 3.05) is 20.1 Å². The second-order valence-corrected chi connectivity index (χ2v) is 8.69. The summed E-state index contributed by atoms with van der Waals surface area (Å²) >= 11 is 0. The Morgan fingerprint density at radius 2 is 1.78 bits per heavy atom. The average Bonchev–Trinajstić information content (AvgIpc) is 2.69. The standard InChI is InChI=1S/C18H24N4O4S/c1-21-17(23)10-9-16(20-21)18(24)19-13-14-5-7-15(8-6-14)27(25,26)22-11-3-2-4-12-22/h5-8H,2-4,9-13H2,1H3,(H,19,24). The normalized spacial score (nSPS) is 18.9. The van der Waals surface area contributed by atoms with Crippen LogP contribution in [0.25, 0.3) is 0 Å². The molecule has 2 amide bonds. The van der Waals surface area contributed by atoms with Gasteiger partial charge in [-0.15, -0.1) is 0 Å². The zero-order valence-corrected chi connectivity index (χ0v) is 16.2. The molecule has 2 aliphatic rings. The number of hydrogen-bond acceptors (Lipinski definition) is 5. The van der Waals surface area contributed by atoms with Gasteiger partial charge in [0.15, 0.2) is 0 Å². The van der Waals surface area contributed by atoms with Crippen LogP contribution in [0, 0.1) is 0 Å². The third kappa shape index (κ3) is 4.54. The van der Waals surface area contributed by atoms with Crippen LogP contribution in [0.1, 0.15) is 37.7 Å². The predicted octanol–water partition coefficient (Wildman–Crippen LogP) is 1.09. The van der Waals surface area contributed by atoms with Gasteiger partial charge in [-0.05, 0) is 30.5 Å². The fourth-order valence-corrected chi connectivity index (χ4v) is 4.67. The summed E-state index contributed by atoms with van der Waals surface area (Å²) < 4.78 is 26.8. The van der Waals surface area contributed by atoms with Gasteiger partial charge in [0.05, 0.1) is 4.90 Å². The first-order valence-electron chi connectivity index (χ1n) is 9.09. The number of hydrazone groups is 1. The van der Waals surface area contributed by atoms with Crippen LogP contribution in [0.3, 0.4) is 0 Å². The highest BCUT2D eigenvalue weighted by atomic mass is 32.2. The van der Waals surface area contributed by atoms with Crippen molar-refractivity contribution < 1.29 is 18.0 Å². The Morgan fingerprint density at radius 3 is 2.41 bits per heavy atom. The maximum absolute atomic E-state index is 12.6. The lowest BCUT2D eigenvalue weighted by Gasteiger charge is -2.25. The number of piperidine rings is 1. The van der Waals surface area contributed by atoms with Gasteiger partial charge in [-0.25, -0.2) is 13.4 Å². The van der Waals surface area contributed by atoms with Crippen molar-refractivity contribution in [1.29, 1.82) is 0 Å². The predicted molar refractivity (Wildman–Crippen MR) is 100 cm³/mol. The van der Waals surface area contributed by atoms with Crippen molar-refractivity contribution in [3.05, 3.63) is 29.8 Å². The summed E-state index contributed by atoms with van der Waals surface area (Å²) in [5, 5.41) is 7.91. The van der Waals surface area contributed by atoms with Crippen molar-refractivity contribution in [3.63, 3.8) is 0 Å². The molecule has 0 aliphatic carbocycles. The Balaban J connectivity index is 1.60. The number of benzene rings is 1. The van der Waals surface area contributed by atoms with Gasteiger partial charge >= 0.3 is 0 Å². The Labute approximate surface area is 159 Å². The van der Waals surface area contributed by atoms with Gasteiger partial charge in [0, 0.05) is 39.5 Å². The van der Waals surface area contributed by atoms with Crippen LogP contribution in [0.4, 0.5) is 0 Å². The van der Waals surface area contributed by atoms with Crippen LogP contribution in [0.15, 0.2) is 34.3 Å². The molecule has 146 valence electrons. The number of carbonyl (C=O) groups excluding carboxylic acids is 2.